The highest BCUT2D eigenvalue weighted by atomic mass is 16.6. The number of imide groups is 1. The van der Waals surface area contributed by atoms with Gasteiger partial charge in [0.15, 0.2) is 0 Å². The fourth-order valence-electron chi connectivity index (χ4n) is 5.26. The van der Waals surface area contributed by atoms with Gasteiger partial charge in [0, 0.05) is 24.0 Å². The molecule has 2 aromatic rings. The van der Waals surface area contributed by atoms with E-state index in [1.165, 1.54) is 28.2 Å². The minimum atomic E-state index is -0.434. The molecule has 6 heteroatoms. The van der Waals surface area contributed by atoms with Crippen molar-refractivity contribution in [2.75, 3.05) is 4.90 Å². The Morgan fingerprint density at radius 3 is 1.73 bits per heavy atom. The Labute approximate surface area is 173 Å². The minimum absolute atomic E-state index is 0.0332. The molecule has 2 aromatic carbocycles. The van der Waals surface area contributed by atoms with E-state index >= 15 is 0 Å². The number of carbonyl (C=O) groups is 2. The Bertz CT molecular complexity index is 1110. The number of rotatable bonds is 3. The summed E-state index contributed by atoms with van der Waals surface area (Å²) in [5, 5.41) is 10.8. The average molecular weight is 400 g/mol. The summed E-state index contributed by atoms with van der Waals surface area (Å²) in [7, 11) is 0. The molecular formula is C24H20N2O4. The summed E-state index contributed by atoms with van der Waals surface area (Å²) in [4.78, 5) is 38.1. The molecular weight excluding hydrogens is 380 g/mol. The van der Waals surface area contributed by atoms with Gasteiger partial charge in [-0.3, -0.25) is 19.7 Å². The number of benzene rings is 2. The molecule has 4 atom stereocenters. The minimum Gasteiger partial charge on any atom is -0.274 e. The number of nitro benzene ring substituents is 1. The van der Waals surface area contributed by atoms with Crippen LogP contribution in [0.3, 0.4) is 0 Å². The molecule has 3 aliphatic rings. The topological polar surface area (TPSA) is 80.5 Å². The van der Waals surface area contributed by atoms with Gasteiger partial charge in [-0.25, -0.2) is 4.90 Å². The Kier molecular flexibility index (Phi) is 4.00. The van der Waals surface area contributed by atoms with E-state index in [2.05, 4.69) is 12.2 Å². The van der Waals surface area contributed by atoms with Gasteiger partial charge in [-0.1, -0.05) is 35.4 Å². The van der Waals surface area contributed by atoms with Crippen LogP contribution in [0.15, 0.2) is 71.8 Å². The van der Waals surface area contributed by atoms with Crippen LogP contribution in [0.25, 0.3) is 11.1 Å². The van der Waals surface area contributed by atoms with E-state index in [1.807, 2.05) is 26.0 Å². The molecule has 0 spiro atoms. The van der Waals surface area contributed by atoms with Gasteiger partial charge in [-0.05, 0) is 49.2 Å². The molecule has 6 nitrogen and oxygen atoms in total. The summed E-state index contributed by atoms with van der Waals surface area (Å²) in [5.41, 5.74) is 4.74. The lowest BCUT2D eigenvalue weighted by molar-refractivity contribution is -0.384. The lowest BCUT2D eigenvalue weighted by Gasteiger charge is -2.19. The molecule has 0 radical (unpaired) electrons. The number of nitro groups is 1. The van der Waals surface area contributed by atoms with E-state index in [-0.39, 0.29) is 41.2 Å². The normalized spacial score (nSPS) is 26.5. The number of hydrogen-bond acceptors (Lipinski definition) is 4. The first kappa shape index (κ1) is 18.5. The molecule has 1 heterocycles. The standard InChI is InChI=1S/C24H20N2O4/c1-13(2)20-18-11-12-19(20)22-21(18)23(27)25(24(22)28)16-7-3-14(4-8-16)15-5-9-17(10-6-15)26(29)30/h3-12,18-19,21-22H,1-2H3/t18-,19-,21+,22+/m1/s1. The number of allylic oxidation sites excluding steroid dienone is 4. The summed E-state index contributed by atoms with van der Waals surface area (Å²) in [6.45, 7) is 4.10. The van der Waals surface area contributed by atoms with Gasteiger partial charge < -0.3 is 0 Å². The predicted octanol–water partition coefficient (Wildman–Crippen LogP) is 4.52. The van der Waals surface area contributed by atoms with Crippen molar-refractivity contribution in [3.8, 4) is 11.1 Å². The van der Waals surface area contributed by atoms with Gasteiger partial charge in [-0.15, -0.1) is 0 Å². The zero-order chi connectivity index (χ0) is 21.2. The Hall–Kier alpha value is -3.54. The first-order chi connectivity index (χ1) is 14.4. The fraction of sp³-hybridized carbons (Fsp3) is 0.250. The van der Waals surface area contributed by atoms with Crippen LogP contribution in [0.5, 0.6) is 0 Å². The van der Waals surface area contributed by atoms with Gasteiger partial charge in [0.1, 0.15) is 0 Å². The first-order valence-corrected chi connectivity index (χ1v) is 9.97. The van der Waals surface area contributed by atoms with Crippen molar-refractivity contribution in [2.24, 2.45) is 23.7 Å². The number of hydrogen-bond donors (Lipinski definition) is 0. The van der Waals surface area contributed by atoms with Crippen molar-refractivity contribution in [1.29, 1.82) is 0 Å². The SMILES string of the molecule is CC(C)=C1[C@H]2C=C[C@H]1[C@@H]1C(=O)N(c3ccc(-c4ccc([N+](=O)[O-])cc4)cc3)C(=O)[C@H]12. The summed E-state index contributed by atoms with van der Waals surface area (Å²) in [6, 6.07) is 13.5. The quantitative estimate of drug-likeness (QED) is 0.328. The van der Waals surface area contributed by atoms with Crippen LogP contribution in [0.4, 0.5) is 11.4 Å². The maximum atomic E-state index is 13.2. The van der Waals surface area contributed by atoms with E-state index in [1.54, 1.807) is 24.3 Å². The molecule has 0 aromatic heterocycles. The molecule has 0 unspecified atom stereocenters. The van der Waals surface area contributed by atoms with Crippen LogP contribution in [0.1, 0.15) is 13.8 Å². The van der Waals surface area contributed by atoms with Crippen molar-refractivity contribution in [3.05, 3.63) is 81.9 Å². The molecule has 5 rings (SSSR count). The Balaban J connectivity index is 1.43. The van der Waals surface area contributed by atoms with E-state index in [4.69, 9.17) is 0 Å². The number of fused-ring (bicyclic) bond motifs is 5. The number of amides is 2. The van der Waals surface area contributed by atoms with Gasteiger partial charge in [0.2, 0.25) is 11.8 Å². The van der Waals surface area contributed by atoms with Crippen LogP contribution >= 0.6 is 0 Å². The molecule has 2 fully saturated rings. The summed E-state index contributed by atoms with van der Waals surface area (Å²) in [5.74, 6) is -0.775. The molecule has 2 amide bonds. The van der Waals surface area contributed by atoms with Crippen LogP contribution in [-0.4, -0.2) is 16.7 Å². The van der Waals surface area contributed by atoms with Gasteiger partial charge in [-0.2, -0.15) is 0 Å². The Morgan fingerprint density at radius 2 is 1.30 bits per heavy atom. The maximum absolute atomic E-state index is 13.2. The van der Waals surface area contributed by atoms with Gasteiger partial charge in [0.25, 0.3) is 5.69 Å². The highest BCUT2D eigenvalue weighted by Crippen LogP contribution is 2.57. The lowest BCUT2D eigenvalue weighted by Crippen LogP contribution is -2.33. The first-order valence-electron chi connectivity index (χ1n) is 9.97. The monoisotopic (exact) mass is 400 g/mol. The summed E-state index contributed by atoms with van der Waals surface area (Å²) >= 11 is 0. The molecule has 150 valence electrons. The third-order valence-electron chi connectivity index (χ3n) is 6.53. The number of non-ortho nitro benzene ring substituents is 1. The van der Waals surface area contributed by atoms with Crippen LogP contribution in [0, 0.1) is 33.8 Å². The molecule has 0 N–H and O–H groups in total. The highest BCUT2D eigenvalue weighted by Gasteiger charge is 2.61. The van der Waals surface area contributed by atoms with Crippen LogP contribution in [-0.2, 0) is 9.59 Å². The van der Waals surface area contributed by atoms with Gasteiger partial charge in [0.05, 0.1) is 22.4 Å². The molecule has 2 bridgehead atoms. The van der Waals surface area contributed by atoms with E-state index in [0.717, 1.165) is 11.1 Å². The molecule has 30 heavy (non-hydrogen) atoms. The second kappa shape index (κ2) is 6.49. The van der Waals surface area contributed by atoms with E-state index in [9.17, 15) is 19.7 Å². The Morgan fingerprint density at radius 1 is 0.833 bits per heavy atom. The average Bonchev–Trinajstić information content (AvgIpc) is 3.38. The van der Waals surface area contributed by atoms with Crippen molar-refractivity contribution >= 4 is 23.2 Å². The maximum Gasteiger partial charge on any atom is 0.269 e. The molecule has 2 aliphatic carbocycles. The summed E-state index contributed by atoms with van der Waals surface area (Å²) < 4.78 is 0. The molecule has 1 saturated carbocycles. The molecule has 1 aliphatic heterocycles. The zero-order valence-electron chi connectivity index (χ0n) is 16.6. The van der Waals surface area contributed by atoms with Crippen molar-refractivity contribution < 1.29 is 14.5 Å². The number of nitrogens with zero attached hydrogens (tertiary/aromatic N) is 2. The van der Waals surface area contributed by atoms with Crippen molar-refractivity contribution in [3.63, 3.8) is 0 Å². The predicted molar refractivity (Wildman–Crippen MR) is 112 cm³/mol. The van der Waals surface area contributed by atoms with Crippen molar-refractivity contribution in [2.45, 2.75) is 13.8 Å². The van der Waals surface area contributed by atoms with Crippen molar-refractivity contribution in [1.82, 2.24) is 0 Å². The third-order valence-corrected chi connectivity index (χ3v) is 6.53. The largest absolute Gasteiger partial charge is 0.274 e. The summed E-state index contributed by atoms with van der Waals surface area (Å²) in [6.07, 6.45) is 4.17. The van der Waals surface area contributed by atoms with Crippen LogP contribution in [0.2, 0.25) is 0 Å². The second-order valence-electron chi connectivity index (χ2n) is 8.31. The third kappa shape index (κ3) is 2.49. The van der Waals surface area contributed by atoms with Crippen LogP contribution < -0.4 is 4.90 Å². The van der Waals surface area contributed by atoms with Gasteiger partial charge >= 0.3 is 0 Å². The molecule has 1 saturated heterocycles. The van der Waals surface area contributed by atoms with E-state index in [0.29, 0.717) is 5.69 Å². The fourth-order valence-corrected chi connectivity index (χ4v) is 5.26. The number of carbonyl (C=O) groups excluding carboxylic acids is 2. The second-order valence-corrected chi connectivity index (χ2v) is 8.31. The zero-order valence-corrected chi connectivity index (χ0v) is 16.6. The number of anilines is 1. The smallest absolute Gasteiger partial charge is 0.269 e. The highest BCUT2D eigenvalue weighted by molar-refractivity contribution is 6.23. The lowest BCUT2D eigenvalue weighted by atomic mass is 9.85. The van der Waals surface area contributed by atoms with E-state index < -0.39 is 4.92 Å².